The number of phenols is 2. The maximum absolute atomic E-state index is 9.82. The Balaban J connectivity index is 2.84. The summed E-state index contributed by atoms with van der Waals surface area (Å²) in [5.41, 5.74) is 5.40. The van der Waals surface area contributed by atoms with Gasteiger partial charge in [-0.15, -0.1) is 0 Å². The van der Waals surface area contributed by atoms with Crippen LogP contribution in [0.25, 0.3) is 10.8 Å². The van der Waals surface area contributed by atoms with Crippen LogP contribution in [0.2, 0.25) is 0 Å². The van der Waals surface area contributed by atoms with Crippen LogP contribution >= 0.6 is 0 Å². The van der Waals surface area contributed by atoms with Gasteiger partial charge in [0.2, 0.25) is 0 Å². The van der Waals surface area contributed by atoms with Crippen molar-refractivity contribution in [1.82, 2.24) is 0 Å². The number of benzene rings is 2. The second-order valence-corrected chi connectivity index (χ2v) is 3.09. The molecule has 0 aliphatic heterocycles. The summed E-state index contributed by atoms with van der Waals surface area (Å²) in [6.07, 6.45) is 1.07. The van der Waals surface area contributed by atoms with Gasteiger partial charge in [-0.2, -0.15) is 0 Å². The Labute approximate surface area is 86.3 Å². The number of nitrogens with two attached hydrogens (primary N) is 1. The lowest BCUT2D eigenvalue weighted by atomic mass is 10.1. The van der Waals surface area contributed by atoms with Gasteiger partial charge in [0, 0.05) is 16.8 Å². The summed E-state index contributed by atoms with van der Waals surface area (Å²) in [5.74, 6) is 0.0918. The van der Waals surface area contributed by atoms with Gasteiger partial charge in [-0.3, -0.25) is 0 Å². The number of rotatable bonds is 1. The summed E-state index contributed by atoms with van der Waals surface area (Å²) in [6.45, 7) is 0. The zero-order chi connectivity index (χ0) is 10.8. The van der Waals surface area contributed by atoms with Gasteiger partial charge in [0.05, 0.1) is 6.34 Å². The van der Waals surface area contributed by atoms with E-state index < -0.39 is 0 Å². The van der Waals surface area contributed by atoms with E-state index in [0.29, 0.717) is 10.8 Å². The van der Waals surface area contributed by atoms with E-state index in [0.717, 1.165) is 6.34 Å². The molecule has 0 atom stereocenters. The van der Waals surface area contributed by atoms with E-state index in [-0.39, 0.29) is 17.2 Å². The highest BCUT2D eigenvalue weighted by Gasteiger charge is 2.08. The van der Waals surface area contributed by atoms with E-state index in [1.807, 2.05) is 0 Å². The minimum Gasteiger partial charge on any atom is -0.507 e. The van der Waals surface area contributed by atoms with Crippen molar-refractivity contribution in [2.75, 3.05) is 0 Å². The van der Waals surface area contributed by atoms with Gasteiger partial charge in [-0.05, 0) is 0 Å². The first-order valence-electron chi connectivity index (χ1n) is 4.42. The fourth-order valence-corrected chi connectivity index (χ4v) is 1.51. The van der Waals surface area contributed by atoms with E-state index in [4.69, 9.17) is 5.73 Å². The summed E-state index contributed by atoms with van der Waals surface area (Å²) in [6, 6.07) is 8.37. The van der Waals surface area contributed by atoms with Crippen LogP contribution in [0, 0.1) is 0 Å². The molecule has 0 aromatic heterocycles. The van der Waals surface area contributed by atoms with Crippen LogP contribution in [0.15, 0.2) is 35.3 Å². The van der Waals surface area contributed by atoms with Gasteiger partial charge in [0.15, 0.2) is 0 Å². The average molecular weight is 202 g/mol. The SMILES string of the molecule is NC=Nc1cc(O)c2ccccc2c1O. The average Bonchev–Trinajstić information content (AvgIpc) is 2.26. The second kappa shape index (κ2) is 3.49. The van der Waals surface area contributed by atoms with Crippen molar-refractivity contribution in [3.8, 4) is 11.5 Å². The van der Waals surface area contributed by atoms with E-state index in [9.17, 15) is 10.2 Å². The topological polar surface area (TPSA) is 78.8 Å². The summed E-state index contributed by atoms with van der Waals surface area (Å²) in [5, 5.41) is 20.6. The van der Waals surface area contributed by atoms with Gasteiger partial charge in [-0.1, -0.05) is 24.3 Å². The number of hydrogen-bond acceptors (Lipinski definition) is 3. The van der Waals surface area contributed by atoms with Crippen LogP contribution in [0.4, 0.5) is 5.69 Å². The lowest BCUT2D eigenvalue weighted by Gasteiger charge is -2.05. The molecular weight excluding hydrogens is 192 g/mol. The molecule has 4 heteroatoms. The Morgan fingerprint density at radius 3 is 2.47 bits per heavy atom. The Bertz CT molecular complexity index is 535. The highest BCUT2D eigenvalue weighted by molar-refractivity contribution is 5.97. The maximum Gasteiger partial charge on any atom is 0.149 e. The van der Waals surface area contributed by atoms with E-state index in [1.54, 1.807) is 24.3 Å². The maximum atomic E-state index is 9.82. The van der Waals surface area contributed by atoms with Crippen molar-refractivity contribution >= 4 is 22.8 Å². The third kappa shape index (κ3) is 1.46. The van der Waals surface area contributed by atoms with Gasteiger partial charge >= 0.3 is 0 Å². The normalized spacial score (nSPS) is 11.2. The van der Waals surface area contributed by atoms with E-state index >= 15 is 0 Å². The molecule has 0 unspecified atom stereocenters. The standard InChI is InChI=1S/C11H10N2O2/c12-6-13-9-5-10(14)7-3-1-2-4-8(7)11(9)15/h1-6,14-15H,(H2,12,13). The third-order valence-electron chi connectivity index (χ3n) is 2.19. The molecule has 0 fully saturated rings. The molecule has 2 rings (SSSR count). The molecule has 2 aromatic carbocycles. The second-order valence-electron chi connectivity index (χ2n) is 3.09. The fraction of sp³-hybridized carbons (Fsp3) is 0. The number of hydrogen-bond donors (Lipinski definition) is 3. The molecule has 2 aromatic rings. The first kappa shape index (κ1) is 9.33. The van der Waals surface area contributed by atoms with Crippen molar-refractivity contribution in [2.24, 2.45) is 10.7 Å². The Morgan fingerprint density at radius 1 is 1.13 bits per heavy atom. The molecular formula is C11H10N2O2. The largest absolute Gasteiger partial charge is 0.507 e. The van der Waals surface area contributed by atoms with Crippen LogP contribution in [-0.4, -0.2) is 16.6 Å². The van der Waals surface area contributed by atoms with Crippen molar-refractivity contribution in [3.05, 3.63) is 30.3 Å². The van der Waals surface area contributed by atoms with Crippen LogP contribution in [0.3, 0.4) is 0 Å². The molecule has 0 radical (unpaired) electrons. The molecule has 0 aliphatic carbocycles. The minimum atomic E-state index is 0.0186. The first-order chi connectivity index (χ1) is 7.24. The molecule has 4 N–H and O–H groups in total. The van der Waals surface area contributed by atoms with Crippen molar-refractivity contribution in [3.63, 3.8) is 0 Å². The van der Waals surface area contributed by atoms with E-state index in [2.05, 4.69) is 4.99 Å². The van der Waals surface area contributed by atoms with Crippen LogP contribution in [0.5, 0.6) is 11.5 Å². The van der Waals surface area contributed by atoms with Crippen molar-refractivity contribution in [2.45, 2.75) is 0 Å². The predicted molar refractivity (Wildman–Crippen MR) is 59.6 cm³/mol. The van der Waals surface area contributed by atoms with Crippen molar-refractivity contribution in [1.29, 1.82) is 0 Å². The number of fused-ring (bicyclic) bond motifs is 1. The Kier molecular flexibility index (Phi) is 2.17. The monoisotopic (exact) mass is 202 g/mol. The molecule has 4 nitrogen and oxygen atoms in total. The zero-order valence-corrected chi connectivity index (χ0v) is 7.88. The lowest BCUT2D eigenvalue weighted by Crippen LogP contribution is -1.87. The lowest BCUT2D eigenvalue weighted by molar-refractivity contribution is 0.471. The number of phenolic OH excluding ortho intramolecular Hbond substituents is 2. The summed E-state index contributed by atoms with van der Waals surface area (Å²) in [7, 11) is 0. The molecule has 76 valence electrons. The fourth-order valence-electron chi connectivity index (χ4n) is 1.51. The molecule has 0 heterocycles. The van der Waals surface area contributed by atoms with Gasteiger partial charge in [-0.25, -0.2) is 4.99 Å². The molecule has 0 saturated heterocycles. The molecule has 15 heavy (non-hydrogen) atoms. The van der Waals surface area contributed by atoms with Crippen LogP contribution in [0.1, 0.15) is 0 Å². The molecule has 0 amide bonds. The van der Waals surface area contributed by atoms with Gasteiger partial charge in [0.1, 0.15) is 17.2 Å². The number of aliphatic imine (C=N–C) groups is 1. The highest BCUT2D eigenvalue weighted by Crippen LogP contribution is 2.39. The van der Waals surface area contributed by atoms with Crippen molar-refractivity contribution < 1.29 is 10.2 Å². The molecule has 0 saturated carbocycles. The van der Waals surface area contributed by atoms with Gasteiger partial charge in [0.25, 0.3) is 0 Å². The molecule has 0 bridgehead atoms. The van der Waals surface area contributed by atoms with Crippen LogP contribution < -0.4 is 5.73 Å². The Hall–Kier alpha value is -2.23. The van der Waals surface area contributed by atoms with Crippen LogP contribution in [-0.2, 0) is 0 Å². The number of aromatic hydroxyl groups is 2. The molecule has 0 aliphatic rings. The molecule has 0 spiro atoms. The third-order valence-corrected chi connectivity index (χ3v) is 2.19. The minimum absolute atomic E-state index is 0.0186. The van der Waals surface area contributed by atoms with E-state index in [1.165, 1.54) is 6.07 Å². The summed E-state index contributed by atoms with van der Waals surface area (Å²) < 4.78 is 0. The highest BCUT2D eigenvalue weighted by atomic mass is 16.3. The summed E-state index contributed by atoms with van der Waals surface area (Å²) >= 11 is 0. The quantitative estimate of drug-likeness (QED) is 0.375. The number of nitrogens with zero attached hydrogens (tertiary/aromatic N) is 1. The van der Waals surface area contributed by atoms with Gasteiger partial charge < -0.3 is 15.9 Å². The predicted octanol–water partition coefficient (Wildman–Crippen LogP) is 1.87. The smallest absolute Gasteiger partial charge is 0.149 e. The zero-order valence-electron chi connectivity index (χ0n) is 7.88. The Morgan fingerprint density at radius 2 is 1.80 bits per heavy atom. The first-order valence-corrected chi connectivity index (χ1v) is 4.42. The summed E-state index contributed by atoms with van der Waals surface area (Å²) in [4.78, 5) is 3.76.